The summed E-state index contributed by atoms with van der Waals surface area (Å²) in [5.74, 6) is -0.534. The van der Waals surface area contributed by atoms with Crippen molar-refractivity contribution in [2.45, 2.75) is 33.7 Å². The summed E-state index contributed by atoms with van der Waals surface area (Å²) in [5, 5.41) is 15.3. The molecule has 1 rings (SSSR count). The Hall–Kier alpha value is -2.05. The van der Waals surface area contributed by atoms with E-state index in [0.717, 1.165) is 6.42 Å². The van der Waals surface area contributed by atoms with Gasteiger partial charge in [-0.05, 0) is 12.8 Å². The number of carboxylic acids is 1. The fourth-order valence-corrected chi connectivity index (χ4v) is 1.72. The van der Waals surface area contributed by atoms with Gasteiger partial charge in [-0.1, -0.05) is 20.3 Å². The summed E-state index contributed by atoms with van der Waals surface area (Å²) in [5.41, 5.74) is 0.499. The van der Waals surface area contributed by atoms with E-state index < -0.39 is 5.97 Å². The fraction of sp³-hybridized carbons (Fsp3) is 0.615. The van der Waals surface area contributed by atoms with E-state index in [2.05, 4.69) is 24.3 Å². The average Bonchev–Trinajstić information content (AvgIpc) is 2.81. The predicted molar refractivity (Wildman–Crippen MR) is 75.6 cm³/mol. The average molecular weight is 282 g/mol. The van der Waals surface area contributed by atoms with Crippen molar-refractivity contribution in [3.8, 4) is 0 Å². The third-order valence-electron chi connectivity index (χ3n) is 3.08. The molecule has 0 spiro atoms. The van der Waals surface area contributed by atoms with Gasteiger partial charge in [-0.15, -0.1) is 0 Å². The minimum atomic E-state index is -0.974. The number of hydrogen-bond acceptors (Lipinski definition) is 3. The van der Waals surface area contributed by atoms with Crippen LogP contribution in [0.25, 0.3) is 0 Å². The normalized spacial score (nSPS) is 11.9. The topological polar surface area (TPSA) is 87.5 Å². The molecule has 2 N–H and O–H groups in total. The van der Waals surface area contributed by atoms with E-state index in [1.807, 2.05) is 6.92 Å². The van der Waals surface area contributed by atoms with E-state index in [1.54, 1.807) is 4.90 Å². The fourth-order valence-electron chi connectivity index (χ4n) is 1.72. The van der Waals surface area contributed by atoms with Crippen molar-refractivity contribution >= 4 is 17.7 Å². The molecule has 0 aromatic carbocycles. The number of urea groups is 1. The third kappa shape index (κ3) is 4.91. The predicted octanol–water partition coefficient (Wildman–Crippen LogP) is 1.87. The summed E-state index contributed by atoms with van der Waals surface area (Å²) in [6, 6.07) is -0.192. The van der Waals surface area contributed by atoms with Crippen molar-refractivity contribution in [2.75, 3.05) is 18.4 Å². The van der Waals surface area contributed by atoms with Crippen molar-refractivity contribution in [1.82, 2.24) is 14.7 Å². The first-order valence-electron chi connectivity index (χ1n) is 6.76. The van der Waals surface area contributed by atoms with Gasteiger partial charge in [-0.2, -0.15) is 5.10 Å². The molecule has 0 aliphatic heterocycles. The monoisotopic (exact) mass is 282 g/mol. The van der Waals surface area contributed by atoms with Gasteiger partial charge >= 0.3 is 12.0 Å². The molecule has 1 aromatic rings. The Morgan fingerprint density at radius 3 is 2.75 bits per heavy atom. The van der Waals surface area contributed by atoms with Gasteiger partial charge in [0.05, 0.1) is 11.9 Å². The highest BCUT2D eigenvalue weighted by Crippen LogP contribution is 2.09. The first-order chi connectivity index (χ1) is 9.46. The number of nitrogens with one attached hydrogen (secondary N) is 1. The number of amides is 2. The molecule has 1 atom stereocenters. The highest BCUT2D eigenvalue weighted by atomic mass is 16.4. The SMILES string of the molecule is CCC(C)CN(CC)C(=O)Nc1cnn(CC(=O)O)c1. The van der Waals surface area contributed by atoms with E-state index in [-0.39, 0.29) is 12.6 Å². The number of carbonyl (C=O) groups is 2. The van der Waals surface area contributed by atoms with Crippen LogP contribution in [-0.4, -0.2) is 44.9 Å². The van der Waals surface area contributed by atoms with Crippen LogP contribution >= 0.6 is 0 Å². The lowest BCUT2D eigenvalue weighted by molar-refractivity contribution is -0.137. The molecule has 0 saturated carbocycles. The van der Waals surface area contributed by atoms with Gasteiger partial charge in [0, 0.05) is 19.3 Å². The largest absolute Gasteiger partial charge is 0.480 e. The Morgan fingerprint density at radius 1 is 1.50 bits per heavy atom. The lowest BCUT2D eigenvalue weighted by Gasteiger charge is -2.23. The molecule has 0 aliphatic carbocycles. The third-order valence-corrected chi connectivity index (χ3v) is 3.08. The summed E-state index contributed by atoms with van der Waals surface area (Å²) < 4.78 is 1.27. The first-order valence-corrected chi connectivity index (χ1v) is 6.76. The molecule has 1 heterocycles. The number of aromatic nitrogens is 2. The van der Waals surface area contributed by atoms with Crippen LogP contribution in [0.3, 0.4) is 0 Å². The summed E-state index contributed by atoms with van der Waals surface area (Å²) in [6.07, 6.45) is 3.96. The Labute approximate surface area is 118 Å². The van der Waals surface area contributed by atoms with E-state index in [9.17, 15) is 9.59 Å². The molecule has 20 heavy (non-hydrogen) atoms. The van der Waals surface area contributed by atoms with Gasteiger partial charge in [0.25, 0.3) is 0 Å². The van der Waals surface area contributed by atoms with Gasteiger partial charge in [-0.25, -0.2) is 4.79 Å². The number of carbonyl (C=O) groups excluding carboxylic acids is 1. The van der Waals surface area contributed by atoms with E-state index in [0.29, 0.717) is 24.7 Å². The zero-order chi connectivity index (χ0) is 15.1. The summed E-state index contributed by atoms with van der Waals surface area (Å²) in [6.45, 7) is 7.21. The maximum atomic E-state index is 12.1. The number of hydrogen-bond donors (Lipinski definition) is 2. The maximum Gasteiger partial charge on any atom is 0.325 e. The van der Waals surface area contributed by atoms with Crippen molar-refractivity contribution in [3.05, 3.63) is 12.4 Å². The highest BCUT2D eigenvalue weighted by molar-refractivity contribution is 5.89. The molecular weight excluding hydrogens is 260 g/mol. The molecular formula is C13H22N4O3. The lowest BCUT2D eigenvalue weighted by atomic mass is 10.1. The van der Waals surface area contributed by atoms with Gasteiger partial charge < -0.3 is 15.3 Å². The van der Waals surface area contributed by atoms with Gasteiger partial charge in [0.1, 0.15) is 6.54 Å². The smallest absolute Gasteiger partial charge is 0.325 e. The second kappa shape index (κ2) is 7.52. The van der Waals surface area contributed by atoms with Crippen LogP contribution in [-0.2, 0) is 11.3 Å². The standard InChI is InChI=1S/C13H22N4O3/c1-4-10(3)7-16(5-2)13(20)15-11-6-14-17(8-11)9-12(18)19/h6,8,10H,4-5,7,9H2,1-3H3,(H,15,20)(H,18,19). The van der Waals surface area contributed by atoms with Gasteiger partial charge in [0.2, 0.25) is 0 Å². The second-order valence-corrected chi connectivity index (χ2v) is 4.80. The molecule has 7 nitrogen and oxygen atoms in total. The summed E-state index contributed by atoms with van der Waals surface area (Å²) in [7, 11) is 0. The van der Waals surface area contributed by atoms with Crippen LogP contribution in [0.15, 0.2) is 12.4 Å². The molecule has 0 bridgehead atoms. The van der Waals surface area contributed by atoms with Crippen molar-refractivity contribution < 1.29 is 14.7 Å². The molecule has 0 aliphatic rings. The Bertz CT molecular complexity index is 458. The quantitative estimate of drug-likeness (QED) is 0.799. The number of anilines is 1. The first kappa shape index (κ1) is 16.0. The van der Waals surface area contributed by atoms with Crippen molar-refractivity contribution in [2.24, 2.45) is 5.92 Å². The maximum absolute atomic E-state index is 12.1. The summed E-state index contributed by atoms with van der Waals surface area (Å²) >= 11 is 0. The van der Waals surface area contributed by atoms with Crippen LogP contribution in [0.2, 0.25) is 0 Å². The van der Waals surface area contributed by atoms with E-state index in [4.69, 9.17) is 5.11 Å². The molecule has 0 saturated heterocycles. The molecule has 0 fully saturated rings. The minimum Gasteiger partial charge on any atom is -0.480 e. The summed E-state index contributed by atoms with van der Waals surface area (Å²) in [4.78, 5) is 24.4. The second-order valence-electron chi connectivity index (χ2n) is 4.80. The van der Waals surface area contributed by atoms with Crippen LogP contribution in [0.4, 0.5) is 10.5 Å². The molecule has 7 heteroatoms. The van der Waals surface area contributed by atoms with Crippen LogP contribution in [0.1, 0.15) is 27.2 Å². The van der Waals surface area contributed by atoms with Crippen LogP contribution in [0.5, 0.6) is 0 Å². The lowest BCUT2D eigenvalue weighted by Crippen LogP contribution is -2.37. The van der Waals surface area contributed by atoms with Gasteiger partial charge in [-0.3, -0.25) is 9.48 Å². The number of carboxylic acid groups (broad SMARTS) is 1. The number of nitrogens with zero attached hydrogens (tertiary/aromatic N) is 3. The zero-order valence-electron chi connectivity index (χ0n) is 12.2. The number of rotatable bonds is 7. The minimum absolute atomic E-state index is 0.192. The zero-order valence-corrected chi connectivity index (χ0v) is 12.2. The Balaban J connectivity index is 2.59. The van der Waals surface area contributed by atoms with Gasteiger partial charge in [0.15, 0.2) is 0 Å². The van der Waals surface area contributed by atoms with E-state index >= 15 is 0 Å². The molecule has 1 aromatic heterocycles. The van der Waals surface area contributed by atoms with Crippen LogP contribution < -0.4 is 5.32 Å². The molecule has 1 unspecified atom stereocenters. The van der Waals surface area contributed by atoms with Crippen molar-refractivity contribution in [3.63, 3.8) is 0 Å². The Morgan fingerprint density at radius 2 is 2.20 bits per heavy atom. The highest BCUT2D eigenvalue weighted by Gasteiger charge is 2.15. The Kier molecular flexibility index (Phi) is 6.02. The van der Waals surface area contributed by atoms with Crippen LogP contribution in [0, 0.1) is 5.92 Å². The number of aliphatic carboxylic acids is 1. The van der Waals surface area contributed by atoms with E-state index in [1.165, 1.54) is 17.1 Å². The molecule has 0 radical (unpaired) electrons. The molecule has 2 amide bonds. The molecule has 112 valence electrons. The van der Waals surface area contributed by atoms with Crippen molar-refractivity contribution in [1.29, 1.82) is 0 Å².